The summed E-state index contributed by atoms with van der Waals surface area (Å²) in [5, 5.41) is 8.01. The highest BCUT2D eigenvalue weighted by Crippen LogP contribution is 2.24. The second kappa shape index (κ2) is 9.54. The minimum absolute atomic E-state index is 0.112. The van der Waals surface area contributed by atoms with Crippen LogP contribution in [0.2, 0.25) is 5.02 Å². The van der Waals surface area contributed by atoms with Crippen molar-refractivity contribution >= 4 is 34.9 Å². The Morgan fingerprint density at radius 3 is 2.81 bits per heavy atom. The van der Waals surface area contributed by atoms with E-state index in [9.17, 15) is 4.79 Å². The van der Waals surface area contributed by atoms with Crippen LogP contribution in [0.4, 0.5) is 0 Å². The SMILES string of the molecule is CCOC(=O)c1sc(C(C)NC(=NC)NCc2ccccc2Cl)nc1C. The molecule has 0 saturated heterocycles. The van der Waals surface area contributed by atoms with Crippen LogP contribution in [-0.4, -0.2) is 30.6 Å². The molecular formula is C18H23ClN4O2S. The number of benzene rings is 1. The molecule has 0 bridgehead atoms. The molecule has 0 spiro atoms. The number of nitrogens with zero attached hydrogens (tertiary/aromatic N) is 2. The number of aryl methyl sites for hydroxylation is 1. The van der Waals surface area contributed by atoms with Crippen LogP contribution >= 0.6 is 22.9 Å². The quantitative estimate of drug-likeness (QED) is 0.443. The third kappa shape index (κ3) is 5.19. The summed E-state index contributed by atoms with van der Waals surface area (Å²) < 4.78 is 5.07. The van der Waals surface area contributed by atoms with Gasteiger partial charge in [-0.1, -0.05) is 29.8 Å². The fourth-order valence-corrected chi connectivity index (χ4v) is 3.44. The van der Waals surface area contributed by atoms with E-state index in [0.29, 0.717) is 34.7 Å². The van der Waals surface area contributed by atoms with Gasteiger partial charge in [0.05, 0.1) is 18.3 Å². The second-order valence-electron chi connectivity index (χ2n) is 5.57. The largest absolute Gasteiger partial charge is 0.462 e. The maximum absolute atomic E-state index is 12.0. The Morgan fingerprint density at radius 1 is 1.42 bits per heavy atom. The smallest absolute Gasteiger partial charge is 0.350 e. The number of rotatable bonds is 6. The fourth-order valence-electron chi connectivity index (χ4n) is 2.27. The first-order valence-electron chi connectivity index (χ1n) is 8.31. The highest BCUT2D eigenvalue weighted by molar-refractivity contribution is 7.13. The van der Waals surface area contributed by atoms with Crippen molar-refractivity contribution in [2.24, 2.45) is 4.99 Å². The zero-order valence-corrected chi connectivity index (χ0v) is 16.9. The summed E-state index contributed by atoms with van der Waals surface area (Å²) in [5.74, 6) is 0.296. The first-order chi connectivity index (χ1) is 12.5. The lowest BCUT2D eigenvalue weighted by Crippen LogP contribution is -2.38. The number of guanidine groups is 1. The highest BCUT2D eigenvalue weighted by atomic mass is 35.5. The summed E-state index contributed by atoms with van der Waals surface area (Å²) in [5.41, 5.74) is 1.66. The molecule has 1 aromatic heterocycles. The van der Waals surface area contributed by atoms with Crippen molar-refractivity contribution < 1.29 is 9.53 Å². The first kappa shape index (κ1) is 20.2. The van der Waals surface area contributed by atoms with Gasteiger partial charge in [-0.2, -0.15) is 0 Å². The van der Waals surface area contributed by atoms with Crippen LogP contribution in [0.3, 0.4) is 0 Å². The number of halogens is 1. The summed E-state index contributed by atoms with van der Waals surface area (Å²) in [6.07, 6.45) is 0. The van der Waals surface area contributed by atoms with Crippen LogP contribution in [0.1, 0.15) is 45.8 Å². The van der Waals surface area contributed by atoms with Crippen LogP contribution in [0.5, 0.6) is 0 Å². The van der Waals surface area contributed by atoms with Crippen LogP contribution in [0, 0.1) is 6.92 Å². The average Bonchev–Trinajstić information content (AvgIpc) is 3.02. The third-order valence-corrected chi connectivity index (χ3v) is 5.31. The van der Waals surface area contributed by atoms with Crippen LogP contribution in [0.25, 0.3) is 0 Å². The lowest BCUT2D eigenvalue weighted by molar-refractivity contribution is 0.0531. The van der Waals surface area contributed by atoms with Gasteiger partial charge in [0.25, 0.3) is 0 Å². The van der Waals surface area contributed by atoms with E-state index >= 15 is 0 Å². The maximum Gasteiger partial charge on any atom is 0.350 e. The van der Waals surface area contributed by atoms with E-state index in [1.54, 1.807) is 14.0 Å². The third-order valence-electron chi connectivity index (χ3n) is 3.63. The fraction of sp³-hybridized carbons (Fsp3) is 0.389. The van der Waals surface area contributed by atoms with Crippen LogP contribution in [0.15, 0.2) is 29.3 Å². The number of esters is 1. The van der Waals surface area contributed by atoms with Gasteiger partial charge >= 0.3 is 5.97 Å². The zero-order chi connectivity index (χ0) is 19.1. The molecule has 2 N–H and O–H groups in total. The Morgan fingerprint density at radius 2 is 2.15 bits per heavy atom. The standard InChI is InChI=1S/C18H23ClN4O2S/c1-5-25-17(24)15-11(2)22-16(26-15)12(3)23-18(20-4)21-10-13-8-6-7-9-14(13)19/h6-9,12H,5,10H2,1-4H3,(H2,20,21,23). The van der Waals surface area contributed by atoms with E-state index in [1.807, 2.05) is 38.1 Å². The number of thiazole rings is 1. The molecule has 0 saturated carbocycles. The number of carbonyl (C=O) groups excluding carboxylic acids is 1. The van der Waals surface area contributed by atoms with E-state index in [-0.39, 0.29) is 12.0 Å². The summed E-state index contributed by atoms with van der Waals surface area (Å²) in [6.45, 7) is 6.46. The molecule has 0 radical (unpaired) electrons. The first-order valence-corrected chi connectivity index (χ1v) is 9.50. The van der Waals surface area contributed by atoms with Crippen molar-refractivity contribution in [1.29, 1.82) is 0 Å². The molecule has 140 valence electrons. The Balaban J connectivity index is 2.01. The van der Waals surface area contributed by atoms with Crippen molar-refractivity contribution in [3.63, 3.8) is 0 Å². The number of aromatic nitrogens is 1. The minimum Gasteiger partial charge on any atom is -0.462 e. The summed E-state index contributed by atoms with van der Waals surface area (Å²) >= 11 is 7.51. The molecule has 1 aromatic carbocycles. The van der Waals surface area contributed by atoms with Crippen LogP contribution < -0.4 is 10.6 Å². The summed E-state index contributed by atoms with van der Waals surface area (Å²) in [6, 6.07) is 7.54. The molecular weight excluding hydrogens is 372 g/mol. The van der Waals surface area contributed by atoms with Gasteiger partial charge in [0.15, 0.2) is 5.96 Å². The lowest BCUT2D eigenvalue weighted by atomic mass is 10.2. The number of hydrogen-bond donors (Lipinski definition) is 2. The Labute approximate surface area is 162 Å². The van der Waals surface area contributed by atoms with Gasteiger partial charge < -0.3 is 15.4 Å². The normalized spacial score (nSPS) is 12.6. The van der Waals surface area contributed by atoms with Gasteiger partial charge in [-0.05, 0) is 32.4 Å². The summed E-state index contributed by atoms with van der Waals surface area (Å²) in [4.78, 5) is 21.2. The Hall–Kier alpha value is -2.12. The molecule has 26 heavy (non-hydrogen) atoms. The van der Waals surface area contributed by atoms with Crippen molar-refractivity contribution in [2.45, 2.75) is 33.4 Å². The topological polar surface area (TPSA) is 75.6 Å². The molecule has 2 rings (SSSR count). The van der Waals surface area contributed by atoms with Crippen molar-refractivity contribution in [2.75, 3.05) is 13.7 Å². The predicted molar refractivity (Wildman–Crippen MR) is 106 cm³/mol. The molecule has 1 unspecified atom stereocenters. The van der Waals surface area contributed by atoms with Crippen molar-refractivity contribution in [1.82, 2.24) is 15.6 Å². The molecule has 0 fully saturated rings. The van der Waals surface area contributed by atoms with Crippen molar-refractivity contribution in [3.05, 3.63) is 50.4 Å². The molecule has 1 heterocycles. The van der Waals surface area contributed by atoms with Gasteiger partial charge in [0.1, 0.15) is 9.88 Å². The highest BCUT2D eigenvalue weighted by Gasteiger charge is 2.20. The number of hydrogen-bond acceptors (Lipinski definition) is 5. The minimum atomic E-state index is -0.331. The Kier molecular flexibility index (Phi) is 7.41. The van der Waals surface area contributed by atoms with Crippen LogP contribution in [-0.2, 0) is 11.3 Å². The zero-order valence-electron chi connectivity index (χ0n) is 15.3. The van der Waals surface area contributed by atoms with E-state index in [2.05, 4.69) is 20.6 Å². The van der Waals surface area contributed by atoms with E-state index < -0.39 is 0 Å². The lowest BCUT2D eigenvalue weighted by Gasteiger charge is -2.16. The average molecular weight is 395 g/mol. The van der Waals surface area contributed by atoms with Gasteiger partial charge in [0, 0.05) is 18.6 Å². The van der Waals surface area contributed by atoms with E-state index in [0.717, 1.165) is 10.6 Å². The molecule has 6 nitrogen and oxygen atoms in total. The second-order valence-corrected chi connectivity index (χ2v) is 7.01. The molecule has 8 heteroatoms. The molecule has 0 aliphatic heterocycles. The molecule has 1 atom stereocenters. The van der Waals surface area contributed by atoms with Gasteiger partial charge in [-0.15, -0.1) is 11.3 Å². The van der Waals surface area contributed by atoms with Gasteiger partial charge in [0.2, 0.25) is 0 Å². The molecule has 0 aliphatic carbocycles. The van der Waals surface area contributed by atoms with E-state index in [1.165, 1.54) is 11.3 Å². The molecule has 0 aliphatic rings. The molecule has 2 aromatic rings. The van der Waals surface area contributed by atoms with E-state index in [4.69, 9.17) is 16.3 Å². The number of carbonyl (C=O) groups is 1. The van der Waals surface area contributed by atoms with Gasteiger partial charge in [-0.25, -0.2) is 9.78 Å². The summed E-state index contributed by atoms with van der Waals surface area (Å²) in [7, 11) is 1.70. The monoisotopic (exact) mass is 394 g/mol. The maximum atomic E-state index is 12.0. The molecule has 0 amide bonds. The predicted octanol–water partition coefficient (Wildman–Crippen LogP) is 3.71. The number of ether oxygens (including phenoxy) is 1. The number of nitrogens with one attached hydrogen (secondary N) is 2. The van der Waals surface area contributed by atoms with Gasteiger partial charge in [-0.3, -0.25) is 4.99 Å². The Bertz CT molecular complexity index is 791. The number of aliphatic imine (C=N–C) groups is 1. The van der Waals surface area contributed by atoms with Crippen molar-refractivity contribution in [3.8, 4) is 0 Å².